The zero-order valence-corrected chi connectivity index (χ0v) is 27.3. The lowest BCUT2D eigenvalue weighted by Gasteiger charge is -2.39. The number of pyridine rings is 1. The van der Waals surface area contributed by atoms with Crippen LogP contribution in [0.3, 0.4) is 0 Å². The highest BCUT2D eigenvalue weighted by Crippen LogP contribution is 2.39. The van der Waals surface area contributed by atoms with E-state index in [1.54, 1.807) is 18.3 Å². The molecule has 236 valence electrons. The highest BCUT2D eigenvalue weighted by Gasteiger charge is 2.38. The van der Waals surface area contributed by atoms with Crippen LogP contribution in [0.25, 0.3) is 0 Å². The molecule has 9 heteroatoms. The molecule has 2 aromatic heterocycles. The third-order valence-electron chi connectivity index (χ3n) is 9.00. The topological polar surface area (TPSA) is 100 Å². The molecule has 0 spiro atoms. The number of nitrogens with zero attached hydrogens (tertiary/aromatic N) is 3. The molecule has 3 fully saturated rings. The normalized spacial score (nSPS) is 23.9. The number of carbonyl (C=O) groups is 3. The number of likely N-dealkylation sites (tertiary alicyclic amines) is 1. The number of carboxylic acid groups (broad SMARTS) is 1. The van der Waals surface area contributed by atoms with Crippen molar-refractivity contribution in [3.63, 3.8) is 0 Å². The van der Waals surface area contributed by atoms with E-state index in [0.29, 0.717) is 53.6 Å². The van der Waals surface area contributed by atoms with Crippen LogP contribution in [-0.4, -0.2) is 58.0 Å². The van der Waals surface area contributed by atoms with Crippen molar-refractivity contribution in [2.45, 2.75) is 104 Å². The van der Waals surface area contributed by atoms with Gasteiger partial charge >= 0.3 is 5.97 Å². The molecule has 0 bridgehead atoms. The maximum Gasteiger partial charge on any atom is 0.348 e. The highest BCUT2D eigenvalue weighted by molar-refractivity contribution is 7.15. The van der Waals surface area contributed by atoms with E-state index in [1.807, 2.05) is 36.6 Å². The van der Waals surface area contributed by atoms with E-state index in [2.05, 4.69) is 23.7 Å². The number of carbonyl (C=O) groups excluding carboxylic acids is 2. The Balaban J connectivity index is 1.34. The Morgan fingerprint density at radius 2 is 1.70 bits per heavy atom. The van der Waals surface area contributed by atoms with Gasteiger partial charge in [0.25, 0.3) is 5.91 Å². The molecule has 44 heavy (non-hydrogen) atoms. The molecule has 3 aliphatic rings. The Bertz CT molecular complexity index is 1410. The van der Waals surface area contributed by atoms with E-state index in [-0.39, 0.29) is 40.2 Å². The van der Waals surface area contributed by atoms with E-state index < -0.39 is 5.97 Å². The van der Waals surface area contributed by atoms with Crippen molar-refractivity contribution < 1.29 is 24.2 Å². The van der Waals surface area contributed by atoms with Gasteiger partial charge in [-0.2, -0.15) is 0 Å². The highest BCUT2D eigenvalue weighted by atomic mass is 32.1. The average molecular weight is 620 g/mol. The first kappa shape index (κ1) is 32.0. The molecule has 8 nitrogen and oxygen atoms in total. The molecule has 2 saturated carbocycles. The average Bonchev–Trinajstić information content (AvgIpc) is 3.68. The molecule has 3 heterocycles. The van der Waals surface area contributed by atoms with Crippen molar-refractivity contribution in [3.05, 3.63) is 39.7 Å². The first-order chi connectivity index (χ1) is 21.0. The predicted molar refractivity (Wildman–Crippen MR) is 172 cm³/mol. The van der Waals surface area contributed by atoms with Gasteiger partial charge in [0.15, 0.2) is 0 Å². The molecular formula is C35H45N3O5S. The SMILES string of the molecule is CC(C)(C)C#Cc1cc(N(C(=O)[C@H]2CC[C@H](C)CC2)[C@H]2CC[C@H](Oc3cc(C(=O)N4CCCC4)ccn3)CC2)c(C(=O)O)s1. The Labute approximate surface area is 265 Å². The van der Waals surface area contributed by atoms with Crippen LogP contribution >= 0.6 is 11.3 Å². The molecule has 0 atom stereocenters. The van der Waals surface area contributed by atoms with Gasteiger partial charge in [-0.05, 0) is 103 Å². The zero-order valence-electron chi connectivity index (χ0n) is 26.4. The molecule has 0 aromatic carbocycles. The Morgan fingerprint density at radius 3 is 2.34 bits per heavy atom. The summed E-state index contributed by atoms with van der Waals surface area (Å²) in [6, 6.07) is 5.15. The molecular weight excluding hydrogens is 574 g/mol. The van der Waals surface area contributed by atoms with Crippen molar-refractivity contribution >= 4 is 34.8 Å². The molecule has 1 saturated heterocycles. The number of aromatic carboxylic acids is 1. The monoisotopic (exact) mass is 619 g/mol. The smallest absolute Gasteiger partial charge is 0.348 e. The largest absolute Gasteiger partial charge is 0.477 e. The fourth-order valence-corrected chi connectivity index (χ4v) is 7.37. The number of amides is 2. The summed E-state index contributed by atoms with van der Waals surface area (Å²) in [5, 5.41) is 10.2. The van der Waals surface area contributed by atoms with Gasteiger partial charge in [-0.1, -0.05) is 18.8 Å². The van der Waals surface area contributed by atoms with Crippen molar-refractivity contribution in [1.82, 2.24) is 9.88 Å². The van der Waals surface area contributed by atoms with Crippen molar-refractivity contribution in [2.24, 2.45) is 17.3 Å². The first-order valence-corrected chi connectivity index (χ1v) is 17.0. The second-order valence-electron chi connectivity index (χ2n) is 13.7. The van der Waals surface area contributed by atoms with Crippen LogP contribution in [0.2, 0.25) is 0 Å². The lowest BCUT2D eigenvalue weighted by atomic mass is 9.81. The van der Waals surface area contributed by atoms with E-state index >= 15 is 0 Å². The van der Waals surface area contributed by atoms with Gasteiger partial charge in [-0.15, -0.1) is 11.3 Å². The molecule has 5 rings (SSSR count). The summed E-state index contributed by atoms with van der Waals surface area (Å²) >= 11 is 1.15. The van der Waals surface area contributed by atoms with Crippen LogP contribution in [0.1, 0.15) is 117 Å². The van der Waals surface area contributed by atoms with E-state index in [4.69, 9.17) is 4.74 Å². The van der Waals surface area contributed by atoms with Crippen LogP contribution < -0.4 is 9.64 Å². The number of thiophene rings is 1. The zero-order chi connectivity index (χ0) is 31.4. The maximum absolute atomic E-state index is 14.2. The summed E-state index contributed by atoms with van der Waals surface area (Å²) in [6.45, 7) is 9.86. The molecule has 0 unspecified atom stereocenters. The van der Waals surface area contributed by atoms with Crippen molar-refractivity contribution in [1.29, 1.82) is 0 Å². The minimum atomic E-state index is -1.03. The summed E-state index contributed by atoms with van der Waals surface area (Å²) in [5.41, 5.74) is 0.840. The second-order valence-corrected chi connectivity index (χ2v) is 14.8. The van der Waals surface area contributed by atoms with Gasteiger partial charge in [0, 0.05) is 48.3 Å². The molecule has 2 aliphatic carbocycles. The maximum atomic E-state index is 14.2. The van der Waals surface area contributed by atoms with Gasteiger partial charge < -0.3 is 19.6 Å². The van der Waals surface area contributed by atoms with Gasteiger partial charge in [-0.3, -0.25) is 9.59 Å². The third-order valence-corrected chi connectivity index (χ3v) is 10.0. The van der Waals surface area contributed by atoms with Crippen LogP contribution in [0.5, 0.6) is 5.88 Å². The second kappa shape index (κ2) is 13.7. The van der Waals surface area contributed by atoms with Gasteiger partial charge in [0.05, 0.1) is 10.6 Å². The fraction of sp³-hybridized carbons (Fsp3) is 0.600. The number of carboxylic acids is 1. The molecule has 0 radical (unpaired) electrons. The van der Waals surface area contributed by atoms with Crippen LogP contribution in [0.4, 0.5) is 5.69 Å². The number of rotatable bonds is 7. The minimum Gasteiger partial charge on any atom is -0.477 e. The summed E-state index contributed by atoms with van der Waals surface area (Å²) < 4.78 is 6.27. The summed E-state index contributed by atoms with van der Waals surface area (Å²) in [7, 11) is 0. The van der Waals surface area contributed by atoms with Gasteiger partial charge in [-0.25, -0.2) is 9.78 Å². The number of hydrogen-bond acceptors (Lipinski definition) is 6. The number of ether oxygens (including phenoxy) is 1. The first-order valence-electron chi connectivity index (χ1n) is 16.1. The van der Waals surface area contributed by atoms with Gasteiger partial charge in [0.1, 0.15) is 11.0 Å². The van der Waals surface area contributed by atoms with Crippen LogP contribution in [0, 0.1) is 29.1 Å². The standard InChI is InChI=1S/C35H45N3O5S/c1-23-7-9-24(10-8-23)33(40)38(29-22-28(15-17-35(2,3)4)44-31(29)34(41)42)26-11-13-27(14-12-26)43-30-21-25(16-18-36-30)32(39)37-19-5-6-20-37/h16,18,21-24,26-27H,5-14,19-20H2,1-4H3,(H,41,42)/t23-,24-,26-,27-. The van der Waals surface area contributed by atoms with E-state index in [1.165, 1.54) is 0 Å². The summed E-state index contributed by atoms with van der Waals surface area (Å²) in [5.74, 6) is 6.32. The minimum absolute atomic E-state index is 0.0151. The molecule has 2 amide bonds. The molecule has 1 N–H and O–H groups in total. The Kier molecular flexibility index (Phi) is 9.99. The fourth-order valence-electron chi connectivity index (χ4n) is 6.53. The number of anilines is 1. The Hall–Kier alpha value is -3.38. The van der Waals surface area contributed by atoms with E-state index in [9.17, 15) is 19.5 Å². The summed E-state index contributed by atoms with van der Waals surface area (Å²) in [6.07, 6.45) is 10.0. The van der Waals surface area contributed by atoms with Crippen LogP contribution in [0.15, 0.2) is 24.4 Å². The quantitative estimate of drug-likeness (QED) is 0.334. The van der Waals surface area contributed by atoms with Crippen molar-refractivity contribution in [3.8, 4) is 17.7 Å². The van der Waals surface area contributed by atoms with E-state index in [0.717, 1.165) is 63.0 Å². The lowest BCUT2D eigenvalue weighted by Crippen LogP contribution is -2.47. The third kappa shape index (κ3) is 7.82. The summed E-state index contributed by atoms with van der Waals surface area (Å²) in [4.78, 5) is 48.4. The van der Waals surface area contributed by atoms with Gasteiger partial charge in [0.2, 0.25) is 11.8 Å². The molecule has 1 aliphatic heterocycles. The number of aromatic nitrogens is 1. The van der Waals surface area contributed by atoms with Crippen LogP contribution in [-0.2, 0) is 4.79 Å². The van der Waals surface area contributed by atoms with Crippen molar-refractivity contribution in [2.75, 3.05) is 18.0 Å². The molecule has 2 aromatic rings. The Morgan fingerprint density at radius 1 is 1.02 bits per heavy atom. The predicted octanol–water partition coefficient (Wildman–Crippen LogP) is 7.02. The lowest BCUT2D eigenvalue weighted by molar-refractivity contribution is -0.124. The number of hydrogen-bond donors (Lipinski definition) is 1.